The number of halogens is 3. The number of likely N-dealkylation sites (N-methyl/N-ethyl adjacent to an activating group) is 1. The van der Waals surface area contributed by atoms with Crippen LogP contribution < -0.4 is 11.1 Å². The maximum absolute atomic E-state index is 12.7. The van der Waals surface area contributed by atoms with Crippen LogP contribution >= 0.6 is 0 Å². The minimum Gasteiger partial charge on any atom is -0.453 e. The monoisotopic (exact) mass is 444 g/mol. The standard InChI is InChI=1S/C12H8N2O2.C11H15F3N2/c15-7-8-1-2-11(16-8)9-3-5-13-12-10(9)4-6-14-12;1-16-9(7-15)6-8-4-2-3-5-10(8)11(12,13)14/h1-7H,(H,13,14);2-5,9,16H,6-7,15H2,1H3. The number of benzene rings is 1. The van der Waals surface area contributed by atoms with Gasteiger partial charge in [0.2, 0.25) is 0 Å². The van der Waals surface area contributed by atoms with Crippen LogP contribution in [0.25, 0.3) is 22.4 Å². The van der Waals surface area contributed by atoms with Crippen LogP contribution in [0.5, 0.6) is 0 Å². The smallest absolute Gasteiger partial charge is 0.416 e. The van der Waals surface area contributed by atoms with Crippen molar-refractivity contribution in [2.24, 2.45) is 5.73 Å². The van der Waals surface area contributed by atoms with Gasteiger partial charge in [0.15, 0.2) is 12.0 Å². The number of aldehydes is 1. The van der Waals surface area contributed by atoms with Crippen LogP contribution in [0.4, 0.5) is 13.2 Å². The Bertz CT molecular complexity index is 1160. The topological polar surface area (TPSA) is 96.9 Å². The molecule has 3 aromatic heterocycles. The number of carbonyl (C=O) groups is 1. The molecular weight excluding hydrogens is 421 g/mol. The number of fused-ring (bicyclic) bond motifs is 1. The van der Waals surface area contributed by atoms with E-state index in [2.05, 4.69) is 15.3 Å². The lowest BCUT2D eigenvalue weighted by Gasteiger charge is -2.17. The fraction of sp³-hybridized carbons (Fsp3) is 0.217. The van der Waals surface area contributed by atoms with E-state index in [1.165, 1.54) is 12.1 Å². The van der Waals surface area contributed by atoms with Gasteiger partial charge in [-0.2, -0.15) is 13.2 Å². The summed E-state index contributed by atoms with van der Waals surface area (Å²) in [5, 5.41) is 3.87. The van der Waals surface area contributed by atoms with E-state index in [-0.39, 0.29) is 18.0 Å². The zero-order valence-electron chi connectivity index (χ0n) is 17.3. The fourth-order valence-electron chi connectivity index (χ4n) is 3.28. The molecule has 4 aromatic rings. The van der Waals surface area contributed by atoms with Crippen LogP contribution in [0.15, 0.2) is 65.3 Å². The van der Waals surface area contributed by atoms with E-state index in [4.69, 9.17) is 10.2 Å². The minimum atomic E-state index is -4.30. The third kappa shape index (κ3) is 5.43. The maximum Gasteiger partial charge on any atom is 0.416 e. The summed E-state index contributed by atoms with van der Waals surface area (Å²) in [6, 6.07) is 12.7. The van der Waals surface area contributed by atoms with Crippen molar-refractivity contribution in [3.8, 4) is 11.3 Å². The number of aromatic amines is 1. The molecule has 0 aliphatic heterocycles. The van der Waals surface area contributed by atoms with Crippen LogP contribution in [0.1, 0.15) is 21.7 Å². The van der Waals surface area contributed by atoms with Crippen molar-refractivity contribution in [3.63, 3.8) is 0 Å². The van der Waals surface area contributed by atoms with E-state index in [9.17, 15) is 18.0 Å². The lowest BCUT2D eigenvalue weighted by Crippen LogP contribution is -2.35. The van der Waals surface area contributed by atoms with Crippen molar-refractivity contribution in [2.75, 3.05) is 13.6 Å². The number of hydrogen-bond acceptors (Lipinski definition) is 5. The highest BCUT2D eigenvalue weighted by molar-refractivity contribution is 5.91. The first-order chi connectivity index (χ1) is 15.4. The Morgan fingerprint density at radius 1 is 1.19 bits per heavy atom. The molecule has 168 valence electrons. The second-order valence-electron chi connectivity index (χ2n) is 7.00. The van der Waals surface area contributed by atoms with Gasteiger partial charge in [-0.15, -0.1) is 0 Å². The molecule has 6 nitrogen and oxygen atoms in total. The second-order valence-corrected chi connectivity index (χ2v) is 7.00. The van der Waals surface area contributed by atoms with Crippen molar-refractivity contribution in [3.05, 3.63) is 77.8 Å². The van der Waals surface area contributed by atoms with E-state index in [0.29, 0.717) is 24.4 Å². The highest BCUT2D eigenvalue weighted by Gasteiger charge is 2.33. The molecule has 0 radical (unpaired) electrons. The number of furan rings is 1. The third-order valence-corrected chi connectivity index (χ3v) is 4.95. The summed E-state index contributed by atoms with van der Waals surface area (Å²) in [4.78, 5) is 17.8. The summed E-state index contributed by atoms with van der Waals surface area (Å²) in [7, 11) is 1.69. The van der Waals surface area contributed by atoms with Gasteiger partial charge in [-0.05, 0) is 49.4 Å². The highest BCUT2D eigenvalue weighted by Crippen LogP contribution is 2.32. The van der Waals surface area contributed by atoms with Gasteiger partial charge in [-0.25, -0.2) is 4.98 Å². The van der Waals surface area contributed by atoms with Crippen LogP contribution in [-0.2, 0) is 12.6 Å². The summed E-state index contributed by atoms with van der Waals surface area (Å²) in [5.41, 5.74) is 6.88. The van der Waals surface area contributed by atoms with E-state index < -0.39 is 11.7 Å². The molecule has 0 saturated carbocycles. The first-order valence-electron chi connectivity index (χ1n) is 9.87. The molecule has 1 aromatic carbocycles. The summed E-state index contributed by atoms with van der Waals surface area (Å²) in [5.74, 6) is 1.00. The van der Waals surface area contributed by atoms with Crippen molar-refractivity contribution in [1.29, 1.82) is 0 Å². The molecule has 0 amide bonds. The number of H-pyrrole nitrogens is 1. The molecule has 0 aliphatic rings. The summed E-state index contributed by atoms with van der Waals surface area (Å²) >= 11 is 0. The Morgan fingerprint density at radius 2 is 1.97 bits per heavy atom. The predicted octanol–water partition coefficient (Wildman–Crippen LogP) is 4.43. The van der Waals surface area contributed by atoms with Crippen LogP contribution in [0, 0.1) is 0 Å². The van der Waals surface area contributed by atoms with Crippen LogP contribution in [0.3, 0.4) is 0 Å². The van der Waals surface area contributed by atoms with E-state index >= 15 is 0 Å². The quantitative estimate of drug-likeness (QED) is 0.382. The number of rotatable bonds is 6. The Balaban J connectivity index is 0.000000181. The third-order valence-electron chi connectivity index (χ3n) is 4.95. The van der Waals surface area contributed by atoms with Gasteiger partial charge in [-0.3, -0.25) is 4.79 Å². The van der Waals surface area contributed by atoms with Crippen LogP contribution in [0.2, 0.25) is 0 Å². The first-order valence-corrected chi connectivity index (χ1v) is 9.87. The number of nitrogens with two attached hydrogens (primary N) is 1. The normalized spacial score (nSPS) is 12.3. The van der Waals surface area contributed by atoms with E-state index in [0.717, 1.165) is 22.7 Å². The van der Waals surface area contributed by atoms with Gasteiger partial charge in [0.25, 0.3) is 0 Å². The fourth-order valence-corrected chi connectivity index (χ4v) is 3.28. The highest BCUT2D eigenvalue weighted by atomic mass is 19.4. The number of hydrogen-bond donors (Lipinski definition) is 3. The van der Waals surface area contributed by atoms with Gasteiger partial charge in [-0.1, -0.05) is 18.2 Å². The zero-order chi connectivity index (χ0) is 23.1. The Morgan fingerprint density at radius 3 is 2.62 bits per heavy atom. The molecule has 9 heteroatoms. The van der Waals surface area contributed by atoms with Crippen molar-refractivity contribution in [1.82, 2.24) is 15.3 Å². The van der Waals surface area contributed by atoms with Gasteiger partial charge in [0.05, 0.1) is 5.56 Å². The maximum atomic E-state index is 12.7. The Labute approximate surface area is 182 Å². The predicted molar refractivity (Wildman–Crippen MR) is 116 cm³/mol. The molecule has 1 unspecified atom stereocenters. The molecular formula is C23H23F3N4O2. The molecule has 0 aliphatic carbocycles. The van der Waals surface area contributed by atoms with Crippen LogP contribution in [-0.4, -0.2) is 35.9 Å². The summed E-state index contributed by atoms with van der Waals surface area (Å²) in [6.45, 7) is 0.308. The molecule has 0 fully saturated rings. The molecule has 1 atom stereocenters. The minimum absolute atomic E-state index is 0.136. The average Bonchev–Trinajstić information content (AvgIpc) is 3.46. The molecule has 0 spiro atoms. The van der Waals surface area contributed by atoms with Crippen molar-refractivity contribution < 1.29 is 22.4 Å². The van der Waals surface area contributed by atoms with Crippen molar-refractivity contribution >= 4 is 17.3 Å². The Hall–Kier alpha value is -3.43. The Kier molecular flexibility index (Phi) is 7.45. The number of nitrogens with zero attached hydrogens (tertiary/aromatic N) is 1. The van der Waals surface area contributed by atoms with Gasteiger partial charge >= 0.3 is 6.18 Å². The largest absolute Gasteiger partial charge is 0.453 e. The van der Waals surface area contributed by atoms with Crippen molar-refractivity contribution in [2.45, 2.75) is 18.6 Å². The number of pyridine rings is 1. The SMILES string of the molecule is CNC(CN)Cc1ccccc1C(F)(F)F.O=Cc1ccc(-c2ccnc3[nH]ccc23)o1. The number of carbonyl (C=O) groups excluding carboxylic acids is 1. The molecule has 4 rings (SSSR count). The van der Waals surface area contributed by atoms with Gasteiger partial charge < -0.3 is 20.5 Å². The zero-order valence-corrected chi connectivity index (χ0v) is 17.3. The number of nitrogens with one attached hydrogen (secondary N) is 2. The second kappa shape index (κ2) is 10.3. The molecule has 0 saturated heterocycles. The molecule has 0 bridgehead atoms. The summed E-state index contributed by atoms with van der Waals surface area (Å²) in [6.07, 6.45) is 0.202. The van der Waals surface area contributed by atoms with E-state index in [1.54, 1.807) is 31.4 Å². The average molecular weight is 444 g/mol. The lowest BCUT2D eigenvalue weighted by atomic mass is 10.00. The number of alkyl halides is 3. The molecule has 4 N–H and O–H groups in total. The number of aromatic nitrogens is 2. The van der Waals surface area contributed by atoms with Gasteiger partial charge in [0.1, 0.15) is 11.4 Å². The first kappa shape index (κ1) is 23.2. The van der Waals surface area contributed by atoms with E-state index in [1.807, 2.05) is 18.3 Å². The molecule has 32 heavy (non-hydrogen) atoms. The molecule has 3 heterocycles. The van der Waals surface area contributed by atoms with Gasteiger partial charge in [0, 0.05) is 35.9 Å². The summed E-state index contributed by atoms with van der Waals surface area (Å²) < 4.78 is 43.4. The lowest BCUT2D eigenvalue weighted by molar-refractivity contribution is -0.138.